The Bertz CT molecular complexity index is 869. The van der Waals surface area contributed by atoms with E-state index in [-0.39, 0.29) is 0 Å². The third-order valence-electron chi connectivity index (χ3n) is 6.18. The van der Waals surface area contributed by atoms with Gasteiger partial charge >= 0.3 is 17.9 Å². The van der Waals surface area contributed by atoms with Crippen molar-refractivity contribution in [2.45, 2.75) is 92.1 Å². The number of hydrogen-bond donors (Lipinski definition) is 10. The molecule has 3 fully saturated rings. The van der Waals surface area contributed by atoms with Crippen LogP contribution in [0.2, 0.25) is 0 Å². The molecule has 3 saturated heterocycles. The van der Waals surface area contributed by atoms with E-state index in [9.17, 15) is 60.3 Å². The van der Waals surface area contributed by atoms with Crippen LogP contribution in [-0.2, 0) is 42.8 Å². The van der Waals surface area contributed by atoms with Crippen molar-refractivity contribution in [1.29, 1.82) is 0 Å². The lowest BCUT2D eigenvalue weighted by Gasteiger charge is -2.46. The topological polar surface area (TPSA) is 309 Å². The molecule has 0 aromatic carbocycles. The lowest BCUT2D eigenvalue weighted by Crippen LogP contribution is -2.67. The molecule has 19 heteroatoms. The lowest BCUT2D eigenvalue weighted by molar-refractivity contribution is -0.368. The first kappa shape index (κ1) is 30.4. The van der Waals surface area contributed by atoms with E-state index in [0.717, 1.165) is 7.11 Å². The first-order valence-corrected chi connectivity index (χ1v) is 11.0. The molecule has 0 spiro atoms. The number of rotatable bonds is 7. The monoisotopic (exact) mass is 560 g/mol. The number of carbonyl (C=O) groups excluding carboxylic acids is 1. The normalized spacial score (nSPS) is 47.8. The first-order valence-electron chi connectivity index (χ1n) is 11.0. The predicted octanol–water partition coefficient (Wildman–Crippen LogP) is -7.21. The summed E-state index contributed by atoms with van der Waals surface area (Å²) in [5, 5.41) is 99.6. The fourth-order valence-electron chi connectivity index (χ4n) is 4.08. The Kier molecular flexibility index (Phi) is 9.58. The summed E-state index contributed by atoms with van der Waals surface area (Å²) in [5.41, 5.74) is 0. The molecule has 0 aromatic heterocycles. The van der Waals surface area contributed by atoms with Gasteiger partial charge in [0.1, 0.15) is 54.9 Å². The average Bonchev–Trinajstić information content (AvgIpc) is 2.87. The average molecular weight is 560 g/mol. The minimum atomic E-state index is -2.26. The highest BCUT2D eigenvalue weighted by molar-refractivity contribution is 5.76. The molecule has 3 aliphatic rings. The molecule has 0 unspecified atom stereocenters. The van der Waals surface area contributed by atoms with Crippen LogP contribution in [0.4, 0.5) is 0 Å². The van der Waals surface area contributed by atoms with Crippen LogP contribution in [0, 0.1) is 0 Å². The van der Waals surface area contributed by atoms with Gasteiger partial charge in [-0.2, -0.15) is 0 Å². The number of carbonyl (C=O) groups is 3. The number of carboxylic acid groups (broad SMARTS) is 2. The molecule has 0 amide bonds. The third-order valence-corrected chi connectivity index (χ3v) is 6.18. The van der Waals surface area contributed by atoms with E-state index in [2.05, 4.69) is 4.74 Å². The van der Waals surface area contributed by atoms with Crippen molar-refractivity contribution in [3.8, 4) is 0 Å². The van der Waals surface area contributed by atoms with Crippen LogP contribution in [-0.4, -0.2) is 168 Å². The van der Waals surface area contributed by atoms with Crippen molar-refractivity contribution in [1.82, 2.24) is 0 Å². The molecule has 3 heterocycles. The Labute approximate surface area is 211 Å². The number of aliphatic carboxylic acids is 2. The standard InChI is InChI=1S/C19H28O19/c1-33-17(32)13-10(4(22)6(24)16(31)34-13)36-19-8(26)5(23)9(12(38-19)15(29)30)35-18-7(25)2(20)3(21)11(37-18)14(27)28/h2-13,16,18-26,31H,1H3,(H,27,28)(H,29,30)/t2-,3+,4+,5+,6+,7+,8+,9+,10+,11-,12-,13-,16+,18-,19-/m0/s1. The zero-order valence-electron chi connectivity index (χ0n) is 19.3. The number of hydrogen-bond acceptors (Lipinski definition) is 17. The number of aliphatic hydroxyl groups excluding tert-OH is 8. The smallest absolute Gasteiger partial charge is 0.337 e. The van der Waals surface area contributed by atoms with Gasteiger partial charge in [-0.05, 0) is 0 Å². The summed E-state index contributed by atoms with van der Waals surface area (Å²) in [6, 6.07) is 0. The van der Waals surface area contributed by atoms with E-state index in [1.807, 2.05) is 0 Å². The van der Waals surface area contributed by atoms with E-state index < -0.39 is 110 Å². The Morgan fingerprint density at radius 2 is 1.00 bits per heavy atom. The second-order valence-corrected chi connectivity index (χ2v) is 8.63. The maximum Gasteiger partial charge on any atom is 0.337 e. The Morgan fingerprint density at radius 3 is 1.50 bits per heavy atom. The van der Waals surface area contributed by atoms with Gasteiger partial charge in [0.05, 0.1) is 7.11 Å². The maximum absolute atomic E-state index is 12.0. The van der Waals surface area contributed by atoms with Crippen LogP contribution in [0.3, 0.4) is 0 Å². The summed E-state index contributed by atoms with van der Waals surface area (Å²) >= 11 is 0. The van der Waals surface area contributed by atoms with Crippen molar-refractivity contribution >= 4 is 17.9 Å². The molecule has 0 aliphatic carbocycles. The van der Waals surface area contributed by atoms with Gasteiger partial charge in [-0.1, -0.05) is 0 Å². The summed E-state index contributed by atoms with van der Waals surface area (Å²) in [5.74, 6) is -4.84. The van der Waals surface area contributed by atoms with Gasteiger partial charge in [0.25, 0.3) is 0 Å². The number of carboxylic acids is 2. The van der Waals surface area contributed by atoms with Crippen molar-refractivity contribution in [3.63, 3.8) is 0 Å². The van der Waals surface area contributed by atoms with E-state index in [4.69, 9.17) is 28.8 Å². The molecule has 10 N–H and O–H groups in total. The van der Waals surface area contributed by atoms with Crippen LogP contribution >= 0.6 is 0 Å². The zero-order chi connectivity index (χ0) is 28.6. The predicted molar refractivity (Wildman–Crippen MR) is 107 cm³/mol. The molecule has 3 aliphatic heterocycles. The quantitative estimate of drug-likeness (QED) is 0.129. The molecule has 0 radical (unpaired) electrons. The van der Waals surface area contributed by atoms with Gasteiger partial charge in [-0.15, -0.1) is 0 Å². The Balaban J connectivity index is 1.82. The molecule has 0 bridgehead atoms. The van der Waals surface area contributed by atoms with Crippen LogP contribution in [0.15, 0.2) is 0 Å². The van der Waals surface area contributed by atoms with Crippen LogP contribution in [0.25, 0.3) is 0 Å². The molecular formula is C19H28O19. The van der Waals surface area contributed by atoms with E-state index in [1.54, 1.807) is 0 Å². The molecule has 3 rings (SSSR count). The van der Waals surface area contributed by atoms with Crippen LogP contribution in [0.5, 0.6) is 0 Å². The molecule has 19 nitrogen and oxygen atoms in total. The SMILES string of the molecule is COC(=O)[C@H]1O[C@@H](O)[C@H](O)[C@@H](O)[C@H]1O[C@H]1O[C@H](C(=O)O)[C@H](O[C@H]2O[C@H](C(=O)O)[C@H](O)[C@H](O)[C@H]2O)[C@H](O)[C@H]1O. The van der Waals surface area contributed by atoms with E-state index in [1.165, 1.54) is 0 Å². The molecule has 15 atom stereocenters. The van der Waals surface area contributed by atoms with Gasteiger partial charge in [-0.25, -0.2) is 14.4 Å². The lowest BCUT2D eigenvalue weighted by atomic mass is 9.95. The van der Waals surface area contributed by atoms with Gasteiger partial charge < -0.3 is 79.5 Å². The summed E-state index contributed by atoms with van der Waals surface area (Å²) in [6.07, 6.45) is -31.7. The van der Waals surface area contributed by atoms with E-state index in [0.29, 0.717) is 0 Å². The molecule has 218 valence electrons. The largest absolute Gasteiger partial charge is 0.479 e. The summed E-state index contributed by atoms with van der Waals surface area (Å²) in [6.45, 7) is 0. The molecular weight excluding hydrogens is 532 g/mol. The zero-order valence-corrected chi connectivity index (χ0v) is 19.3. The van der Waals surface area contributed by atoms with Crippen LogP contribution in [0.1, 0.15) is 0 Å². The van der Waals surface area contributed by atoms with Crippen LogP contribution < -0.4 is 0 Å². The first-order chi connectivity index (χ1) is 17.7. The van der Waals surface area contributed by atoms with Crippen molar-refractivity contribution < 1.29 is 93.9 Å². The minimum Gasteiger partial charge on any atom is -0.479 e. The number of esters is 1. The molecule has 0 aromatic rings. The second-order valence-electron chi connectivity index (χ2n) is 8.63. The third kappa shape index (κ3) is 5.74. The van der Waals surface area contributed by atoms with Gasteiger partial charge in [0.15, 0.2) is 37.2 Å². The number of aliphatic hydroxyl groups is 8. The van der Waals surface area contributed by atoms with Gasteiger partial charge in [0.2, 0.25) is 0 Å². The van der Waals surface area contributed by atoms with E-state index >= 15 is 0 Å². The van der Waals surface area contributed by atoms with Gasteiger partial charge in [-0.3, -0.25) is 0 Å². The molecule has 0 saturated carbocycles. The summed E-state index contributed by atoms with van der Waals surface area (Å²) in [4.78, 5) is 35.2. The second kappa shape index (κ2) is 12.0. The number of methoxy groups -OCH3 is 1. The Hall–Kier alpha value is -2.11. The molecule has 38 heavy (non-hydrogen) atoms. The summed E-state index contributed by atoms with van der Waals surface area (Å²) < 4.78 is 29.8. The summed E-state index contributed by atoms with van der Waals surface area (Å²) in [7, 11) is 0.914. The van der Waals surface area contributed by atoms with Gasteiger partial charge in [0, 0.05) is 0 Å². The van der Waals surface area contributed by atoms with Crippen molar-refractivity contribution in [2.75, 3.05) is 7.11 Å². The Morgan fingerprint density at radius 1 is 0.553 bits per heavy atom. The fourth-order valence-corrected chi connectivity index (χ4v) is 4.08. The maximum atomic E-state index is 12.0. The highest BCUT2D eigenvalue weighted by atomic mass is 16.8. The minimum absolute atomic E-state index is 0.914. The van der Waals surface area contributed by atoms with Crippen molar-refractivity contribution in [3.05, 3.63) is 0 Å². The van der Waals surface area contributed by atoms with Crippen molar-refractivity contribution in [2.24, 2.45) is 0 Å². The fraction of sp³-hybridized carbons (Fsp3) is 0.842. The highest BCUT2D eigenvalue weighted by Gasteiger charge is 2.56. The highest BCUT2D eigenvalue weighted by Crippen LogP contribution is 2.32. The number of ether oxygens (including phenoxy) is 6.